The zero-order valence-electron chi connectivity index (χ0n) is 15.6. The third-order valence-corrected chi connectivity index (χ3v) is 5.07. The Bertz CT molecular complexity index is 978. The molecule has 0 atom stereocenters. The molecule has 7 heteroatoms. The van der Waals surface area contributed by atoms with Crippen LogP contribution in [0.3, 0.4) is 0 Å². The largest absolute Gasteiger partial charge is 0.490 e. The molecule has 1 N–H and O–H groups in total. The average molecular weight is 455 g/mol. The summed E-state index contributed by atoms with van der Waals surface area (Å²) in [5, 5.41) is 4.76. The maximum atomic E-state index is 14.0. The Balaban J connectivity index is 1.73. The third-order valence-electron chi connectivity index (χ3n) is 4.15. The van der Waals surface area contributed by atoms with Gasteiger partial charge >= 0.3 is 0 Å². The van der Waals surface area contributed by atoms with Gasteiger partial charge in [0.2, 0.25) is 0 Å². The lowest BCUT2D eigenvalue weighted by Crippen LogP contribution is -2.04. The fraction of sp³-hybridized carbons (Fsp3) is 0.182. The van der Waals surface area contributed by atoms with E-state index in [1.165, 1.54) is 6.07 Å². The van der Waals surface area contributed by atoms with Crippen LogP contribution in [0.5, 0.6) is 11.5 Å². The summed E-state index contributed by atoms with van der Waals surface area (Å²) in [7, 11) is 0. The Morgan fingerprint density at radius 3 is 2.48 bits per heavy atom. The smallest absolute Gasteiger partial charge is 0.161 e. The first kappa shape index (κ1) is 21.6. The molecule has 0 unspecified atom stereocenters. The van der Waals surface area contributed by atoms with Crippen LogP contribution in [0.15, 0.2) is 54.6 Å². The minimum atomic E-state index is -0.408. The Morgan fingerprint density at radius 2 is 1.72 bits per heavy atom. The minimum Gasteiger partial charge on any atom is -0.490 e. The highest BCUT2D eigenvalue weighted by Gasteiger charge is 2.11. The number of anilines is 1. The summed E-state index contributed by atoms with van der Waals surface area (Å²) in [6.45, 7) is 2.86. The van der Waals surface area contributed by atoms with Gasteiger partial charge < -0.3 is 14.8 Å². The van der Waals surface area contributed by atoms with Crippen LogP contribution >= 0.6 is 34.8 Å². The molecule has 0 radical (unpaired) electrons. The molecule has 0 spiro atoms. The van der Waals surface area contributed by atoms with E-state index in [0.29, 0.717) is 45.3 Å². The van der Waals surface area contributed by atoms with Crippen molar-refractivity contribution in [1.29, 1.82) is 0 Å². The Hall–Kier alpha value is -2.14. The van der Waals surface area contributed by atoms with Crippen molar-refractivity contribution in [2.75, 3.05) is 11.9 Å². The fourth-order valence-corrected chi connectivity index (χ4v) is 3.27. The number of ether oxygens (including phenoxy) is 2. The molecular formula is C22H19Cl3FNO2. The van der Waals surface area contributed by atoms with Gasteiger partial charge in [-0.3, -0.25) is 0 Å². The number of hydrogen-bond acceptors (Lipinski definition) is 3. The van der Waals surface area contributed by atoms with E-state index in [0.717, 1.165) is 11.3 Å². The van der Waals surface area contributed by atoms with Gasteiger partial charge in [0.25, 0.3) is 0 Å². The molecule has 0 bridgehead atoms. The Labute approximate surface area is 184 Å². The van der Waals surface area contributed by atoms with E-state index in [4.69, 9.17) is 44.3 Å². The maximum Gasteiger partial charge on any atom is 0.161 e. The van der Waals surface area contributed by atoms with Gasteiger partial charge in [0, 0.05) is 17.1 Å². The van der Waals surface area contributed by atoms with Crippen LogP contribution in [0.2, 0.25) is 15.1 Å². The zero-order chi connectivity index (χ0) is 20.8. The van der Waals surface area contributed by atoms with Crippen LogP contribution in [0.1, 0.15) is 18.1 Å². The lowest BCUT2D eigenvalue weighted by atomic mass is 10.2. The molecule has 29 heavy (non-hydrogen) atoms. The van der Waals surface area contributed by atoms with Crippen LogP contribution in [0.4, 0.5) is 10.1 Å². The summed E-state index contributed by atoms with van der Waals surface area (Å²) in [6.07, 6.45) is 0. The highest BCUT2D eigenvalue weighted by molar-refractivity contribution is 6.35. The first-order chi connectivity index (χ1) is 14.0. The summed E-state index contributed by atoms with van der Waals surface area (Å²) >= 11 is 18.3. The second-order valence-electron chi connectivity index (χ2n) is 6.18. The molecule has 0 aliphatic carbocycles. The van der Waals surface area contributed by atoms with E-state index in [1.54, 1.807) is 36.4 Å². The van der Waals surface area contributed by atoms with Crippen LogP contribution in [0.25, 0.3) is 0 Å². The number of hydrogen-bond donors (Lipinski definition) is 1. The molecule has 3 nitrogen and oxygen atoms in total. The van der Waals surface area contributed by atoms with Crippen molar-refractivity contribution in [1.82, 2.24) is 0 Å². The van der Waals surface area contributed by atoms with Crippen LogP contribution in [0, 0.1) is 5.82 Å². The molecule has 3 aromatic rings. The molecule has 0 saturated carbocycles. The summed E-state index contributed by atoms with van der Waals surface area (Å²) in [4.78, 5) is 0. The average Bonchev–Trinajstić information content (AvgIpc) is 2.69. The lowest BCUT2D eigenvalue weighted by molar-refractivity contribution is 0.265. The lowest BCUT2D eigenvalue weighted by Gasteiger charge is -2.15. The zero-order valence-corrected chi connectivity index (χ0v) is 17.9. The molecule has 3 rings (SSSR count). The van der Waals surface area contributed by atoms with Gasteiger partial charge in [0.05, 0.1) is 22.3 Å². The van der Waals surface area contributed by atoms with E-state index in [9.17, 15) is 4.39 Å². The summed E-state index contributed by atoms with van der Waals surface area (Å²) < 4.78 is 25.4. The summed E-state index contributed by atoms with van der Waals surface area (Å²) in [5.41, 5.74) is 2.00. The van der Waals surface area contributed by atoms with Crippen molar-refractivity contribution >= 4 is 40.5 Å². The van der Waals surface area contributed by atoms with Gasteiger partial charge in [-0.25, -0.2) is 4.39 Å². The number of benzene rings is 3. The van der Waals surface area contributed by atoms with E-state index < -0.39 is 5.82 Å². The van der Waals surface area contributed by atoms with Crippen molar-refractivity contribution < 1.29 is 13.9 Å². The standard InChI is InChI=1S/C22H19Cl3FNO2/c1-2-28-22-10-14(12-27-20-11-15(23)7-8-18(20)25)6-9-21(22)29-13-16-17(24)4-3-5-19(16)26/h3-11,27H,2,12-13H2,1H3. The number of halogens is 4. The van der Waals surface area contributed by atoms with Crippen LogP contribution in [-0.2, 0) is 13.2 Å². The van der Waals surface area contributed by atoms with Gasteiger partial charge in [-0.1, -0.05) is 46.9 Å². The normalized spacial score (nSPS) is 10.7. The van der Waals surface area contributed by atoms with Gasteiger partial charge in [0.15, 0.2) is 11.5 Å². The highest BCUT2D eigenvalue weighted by atomic mass is 35.5. The molecule has 0 aromatic heterocycles. The molecular weight excluding hydrogens is 436 g/mol. The molecule has 0 saturated heterocycles. The predicted molar refractivity (Wildman–Crippen MR) is 117 cm³/mol. The topological polar surface area (TPSA) is 30.5 Å². The molecule has 152 valence electrons. The fourth-order valence-electron chi connectivity index (χ4n) is 2.70. The van der Waals surface area contributed by atoms with Crippen LogP contribution in [-0.4, -0.2) is 6.61 Å². The SMILES string of the molecule is CCOc1cc(CNc2cc(Cl)ccc2Cl)ccc1OCc1c(F)cccc1Cl. The molecule has 0 heterocycles. The van der Waals surface area contributed by atoms with Gasteiger partial charge in [-0.05, 0) is 55.0 Å². The number of nitrogens with one attached hydrogen (secondary N) is 1. The number of rotatable bonds is 8. The van der Waals surface area contributed by atoms with Gasteiger partial charge in [0.1, 0.15) is 12.4 Å². The van der Waals surface area contributed by atoms with E-state index in [-0.39, 0.29) is 6.61 Å². The van der Waals surface area contributed by atoms with Crippen molar-refractivity contribution in [2.24, 2.45) is 0 Å². The highest BCUT2D eigenvalue weighted by Crippen LogP contribution is 2.31. The Morgan fingerprint density at radius 1 is 0.897 bits per heavy atom. The molecule has 0 fully saturated rings. The minimum absolute atomic E-state index is 0.00129. The quantitative estimate of drug-likeness (QED) is 0.385. The first-order valence-corrected chi connectivity index (χ1v) is 10.1. The van der Waals surface area contributed by atoms with Crippen molar-refractivity contribution in [3.05, 3.63) is 86.6 Å². The second-order valence-corrected chi connectivity index (χ2v) is 7.43. The van der Waals surface area contributed by atoms with Gasteiger partial charge in [-0.15, -0.1) is 0 Å². The van der Waals surface area contributed by atoms with E-state index in [2.05, 4.69) is 5.32 Å². The van der Waals surface area contributed by atoms with Crippen molar-refractivity contribution in [3.8, 4) is 11.5 Å². The predicted octanol–water partition coefficient (Wildman–Crippen LogP) is 7.38. The summed E-state index contributed by atoms with van der Waals surface area (Å²) in [5.74, 6) is 0.668. The molecule has 0 aliphatic rings. The van der Waals surface area contributed by atoms with Crippen molar-refractivity contribution in [3.63, 3.8) is 0 Å². The monoisotopic (exact) mass is 453 g/mol. The van der Waals surface area contributed by atoms with Gasteiger partial charge in [-0.2, -0.15) is 0 Å². The second kappa shape index (κ2) is 10.1. The maximum absolute atomic E-state index is 14.0. The third kappa shape index (κ3) is 5.69. The van der Waals surface area contributed by atoms with E-state index in [1.807, 2.05) is 19.1 Å². The summed E-state index contributed by atoms with van der Waals surface area (Å²) in [6, 6.07) is 15.3. The van der Waals surface area contributed by atoms with Crippen LogP contribution < -0.4 is 14.8 Å². The van der Waals surface area contributed by atoms with Crippen molar-refractivity contribution in [2.45, 2.75) is 20.1 Å². The molecule has 3 aromatic carbocycles. The molecule has 0 amide bonds. The first-order valence-electron chi connectivity index (χ1n) is 8.98. The molecule has 0 aliphatic heterocycles. The van der Waals surface area contributed by atoms with E-state index >= 15 is 0 Å². The Kier molecular flexibility index (Phi) is 7.48.